The third-order valence-corrected chi connectivity index (χ3v) is 5.66. The van der Waals surface area contributed by atoms with Crippen LogP contribution in [0.1, 0.15) is 28.4 Å². The van der Waals surface area contributed by atoms with Gasteiger partial charge in [-0.05, 0) is 70.9 Å². The largest absolute Gasteiger partial charge is 0.490 e. The molecule has 4 aromatic rings. The van der Waals surface area contributed by atoms with E-state index < -0.39 is 0 Å². The lowest BCUT2D eigenvalue weighted by Crippen LogP contribution is -2.19. The molecule has 0 aliphatic carbocycles. The summed E-state index contributed by atoms with van der Waals surface area (Å²) in [6.07, 6.45) is 5.26. The Balaban J connectivity index is 1.49. The third-order valence-electron chi connectivity index (χ3n) is 5.07. The Morgan fingerprint density at radius 2 is 1.80 bits per heavy atom. The number of nitrogens with zero attached hydrogens (tertiary/aromatic N) is 2. The molecule has 0 atom stereocenters. The second-order valence-corrected chi connectivity index (χ2v) is 8.30. The van der Waals surface area contributed by atoms with E-state index in [4.69, 9.17) is 9.47 Å². The highest BCUT2D eigenvalue weighted by molar-refractivity contribution is 9.10. The van der Waals surface area contributed by atoms with E-state index in [0.717, 1.165) is 5.69 Å². The van der Waals surface area contributed by atoms with Crippen molar-refractivity contribution in [1.82, 2.24) is 9.99 Å². The summed E-state index contributed by atoms with van der Waals surface area (Å²) in [6.45, 7) is 2.32. The Bertz CT molecular complexity index is 1340. The molecule has 178 valence electrons. The molecule has 3 aromatic carbocycles. The minimum absolute atomic E-state index is 0.0512. The normalized spacial score (nSPS) is 10.9. The zero-order valence-electron chi connectivity index (χ0n) is 18.9. The van der Waals surface area contributed by atoms with E-state index in [-0.39, 0.29) is 18.3 Å². The van der Waals surface area contributed by atoms with Gasteiger partial charge in [0.15, 0.2) is 11.5 Å². The highest BCUT2D eigenvalue weighted by Crippen LogP contribution is 2.37. The number of hydrogen-bond acceptors (Lipinski definition) is 4. The van der Waals surface area contributed by atoms with Crippen molar-refractivity contribution in [3.05, 3.63) is 112 Å². The second-order valence-electron chi connectivity index (χ2n) is 7.45. The number of nitrogens with one attached hydrogen (secondary N) is 1. The van der Waals surface area contributed by atoms with Crippen molar-refractivity contribution >= 4 is 28.1 Å². The number of para-hydroxylation sites is 1. The molecule has 0 unspecified atom stereocenters. The monoisotopic (exact) mass is 535 g/mol. The number of hydrazone groups is 1. The van der Waals surface area contributed by atoms with Crippen LogP contribution in [0, 0.1) is 5.82 Å². The van der Waals surface area contributed by atoms with E-state index in [1.54, 1.807) is 42.5 Å². The summed E-state index contributed by atoms with van der Waals surface area (Å²) < 4.78 is 28.0. The van der Waals surface area contributed by atoms with Gasteiger partial charge in [0.1, 0.15) is 12.4 Å². The smallest absolute Gasteiger partial charge is 0.273 e. The number of aromatic nitrogens is 1. The van der Waals surface area contributed by atoms with Crippen molar-refractivity contribution in [3.8, 4) is 17.2 Å². The van der Waals surface area contributed by atoms with Crippen LogP contribution in [0.3, 0.4) is 0 Å². The number of carbonyl (C=O) groups excluding carboxylic acids is 1. The molecule has 8 heteroatoms. The summed E-state index contributed by atoms with van der Waals surface area (Å²) in [7, 11) is 0. The van der Waals surface area contributed by atoms with Crippen molar-refractivity contribution in [1.29, 1.82) is 0 Å². The molecule has 4 rings (SSSR count). The van der Waals surface area contributed by atoms with E-state index in [1.807, 2.05) is 48.1 Å². The first-order valence-corrected chi connectivity index (χ1v) is 11.7. The van der Waals surface area contributed by atoms with Crippen molar-refractivity contribution in [2.75, 3.05) is 6.61 Å². The van der Waals surface area contributed by atoms with E-state index in [1.165, 1.54) is 12.3 Å². The van der Waals surface area contributed by atoms with Gasteiger partial charge in [-0.25, -0.2) is 9.82 Å². The lowest BCUT2D eigenvalue weighted by atomic mass is 10.1. The topological polar surface area (TPSA) is 64.8 Å². The Morgan fingerprint density at radius 1 is 1.06 bits per heavy atom. The summed E-state index contributed by atoms with van der Waals surface area (Å²) in [5, 5.41) is 4.12. The van der Waals surface area contributed by atoms with Crippen LogP contribution in [0.15, 0.2) is 94.8 Å². The Kier molecular flexibility index (Phi) is 7.95. The Hall–Kier alpha value is -3.91. The first kappa shape index (κ1) is 24.2. The fourth-order valence-corrected chi connectivity index (χ4v) is 4.02. The molecule has 0 bridgehead atoms. The van der Waals surface area contributed by atoms with Crippen LogP contribution in [-0.2, 0) is 6.61 Å². The predicted octanol–water partition coefficient (Wildman–Crippen LogP) is 6.12. The zero-order chi connectivity index (χ0) is 24.6. The first-order valence-electron chi connectivity index (χ1n) is 10.9. The van der Waals surface area contributed by atoms with Gasteiger partial charge in [0.05, 0.1) is 28.5 Å². The maximum atomic E-state index is 14.0. The third kappa shape index (κ3) is 5.96. The number of carbonyl (C=O) groups is 1. The van der Waals surface area contributed by atoms with Crippen LogP contribution in [0.5, 0.6) is 11.5 Å². The van der Waals surface area contributed by atoms with Crippen LogP contribution >= 0.6 is 15.9 Å². The molecule has 0 aliphatic heterocycles. The highest BCUT2D eigenvalue weighted by atomic mass is 79.9. The maximum Gasteiger partial charge on any atom is 0.273 e. The summed E-state index contributed by atoms with van der Waals surface area (Å²) in [5.41, 5.74) is 4.94. The molecule has 0 spiro atoms. The molecular formula is C27H23BrFN3O3. The number of amides is 1. The average Bonchev–Trinajstić information content (AvgIpc) is 3.40. The molecule has 1 aromatic heterocycles. The zero-order valence-corrected chi connectivity index (χ0v) is 20.5. The van der Waals surface area contributed by atoms with Crippen molar-refractivity contribution in [2.24, 2.45) is 5.10 Å². The SMILES string of the molecule is CCOc1cc(/C=N/NC(=O)c2ccccc2-n2cccc2)cc(Br)c1OCc1ccccc1F. The molecule has 0 saturated heterocycles. The van der Waals surface area contributed by atoms with Crippen LogP contribution in [0.2, 0.25) is 0 Å². The lowest BCUT2D eigenvalue weighted by molar-refractivity contribution is 0.0955. The van der Waals surface area contributed by atoms with E-state index in [9.17, 15) is 9.18 Å². The number of halogens is 2. The molecule has 1 N–H and O–H groups in total. The van der Waals surface area contributed by atoms with Crippen LogP contribution < -0.4 is 14.9 Å². The molecule has 1 heterocycles. The molecule has 35 heavy (non-hydrogen) atoms. The van der Waals surface area contributed by atoms with Gasteiger partial charge >= 0.3 is 0 Å². The standard InChI is InChI=1S/C27H23BrFN3O3/c1-2-34-25-16-19(15-22(28)26(25)35-18-20-9-3-5-11-23(20)29)17-30-31-27(33)21-10-4-6-12-24(21)32-13-7-8-14-32/h3-17H,2,18H2,1H3,(H,31,33)/b30-17+. The van der Waals surface area contributed by atoms with Crippen LogP contribution in [0.4, 0.5) is 4.39 Å². The van der Waals surface area contributed by atoms with Gasteiger partial charge in [-0.3, -0.25) is 4.79 Å². The number of ether oxygens (including phenoxy) is 2. The van der Waals surface area contributed by atoms with Gasteiger partial charge in [0.2, 0.25) is 0 Å². The first-order chi connectivity index (χ1) is 17.1. The van der Waals surface area contributed by atoms with Gasteiger partial charge in [0, 0.05) is 18.0 Å². The van der Waals surface area contributed by atoms with Crippen LogP contribution in [0.25, 0.3) is 5.69 Å². The number of rotatable bonds is 9. The number of hydrogen-bond donors (Lipinski definition) is 1. The van der Waals surface area contributed by atoms with Crippen molar-refractivity contribution in [3.63, 3.8) is 0 Å². The molecule has 1 amide bonds. The second kappa shape index (κ2) is 11.5. The lowest BCUT2D eigenvalue weighted by Gasteiger charge is -2.15. The van der Waals surface area contributed by atoms with Crippen molar-refractivity contribution < 1.29 is 18.7 Å². The molecule has 0 saturated carbocycles. The fourth-order valence-electron chi connectivity index (χ4n) is 3.44. The van der Waals surface area contributed by atoms with Gasteiger partial charge in [-0.1, -0.05) is 30.3 Å². The molecule has 0 aliphatic rings. The highest BCUT2D eigenvalue weighted by Gasteiger charge is 2.14. The van der Waals surface area contributed by atoms with E-state index in [2.05, 4.69) is 26.5 Å². The number of benzene rings is 3. The minimum Gasteiger partial charge on any atom is -0.490 e. The van der Waals surface area contributed by atoms with E-state index >= 15 is 0 Å². The summed E-state index contributed by atoms with van der Waals surface area (Å²) in [5.74, 6) is 0.264. The molecule has 6 nitrogen and oxygen atoms in total. The molecular weight excluding hydrogens is 513 g/mol. The van der Waals surface area contributed by atoms with Gasteiger partial charge in [0.25, 0.3) is 5.91 Å². The molecule has 0 fully saturated rings. The molecule has 0 radical (unpaired) electrons. The Labute approximate surface area is 211 Å². The maximum absolute atomic E-state index is 14.0. The average molecular weight is 536 g/mol. The summed E-state index contributed by atoms with van der Waals surface area (Å²) in [6, 6.07) is 21.0. The predicted molar refractivity (Wildman–Crippen MR) is 137 cm³/mol. The summed E-state index contributed by atoms with van der Waals surface area (Å²) >= 11 is 3.50. The Morgan fingerprint density at radius 3 is 2.57 bits per heavy atom. The van der Waals surface area contributed by atoms with Gasteiger partial charge in [-0.15, -0.1) is 0 Å². The van der Waals surface area contributed by atoms with Gasteiger partial charge < -0.3 is 14.0 Å². The quantitative estimate of drug-likeness (QED) is 0.207. The van der Waals surface area contributed by atoms with Crippen LogP contribution in [-0.4, -0.2) is 23.3 Å². The van der Waals surface area contributed by atoms with Crippen molar-refractivity contribution in [2.45, 2.75) is 13.5 Å². The minimum atomic E-state index is -0.334. The summed E-state index contributed by atoms with van der Waals surface area (Å²) in [4.78, 5) is 12.8. The van der Waals surface area contributed by atoms with E-state index in [0.29, 0.717) is 39.3 Å². The van der Waals surface area contributed by atoms with Gasteiger partial charge in [-0.2, -0.15) is 5.10 Å². The fraction of sp³-hybridized carbons (Fsp3) is 0.111.